The summed E-state index contributed by atoms with van der Waals surface area (Å²) in [7, 11) is 0. The first kappa shape index (κ1) is 19.6. The molecule has 1 saturated carbocycles. The van der Waals surface area contributed by atoms with Crippen LogP contribution in [0.15, 0.2) is 48.0 Å². The third-order valence-corrected chi connectivity index (χ3v) is 5.86. The van der Waals surface area contributed by atoms with E-state index in [2.05, 4.69) is 12.2 Å². The van der Waals surface area contributed by atoms with Crippen molar-refractivity contribution in [2.45, 2.75) is 57.5 Å². The van der Waals surface area contributed by atoms with Gasteiger partial charge in [0.2, 0.25) is 5.88 Å². The Balaban J connectivity index is 1.35. The fourth-order valence-electron chi connectivity index (χ4n) is 4.26. The van der Waals surface area contributed by atoms with Crippen molar-refractivity contribution in [3.63, 3.8) is 0 Å². The van der Waals surface area contributed by atoms with Gasteiger partial charge in [-0.15, -0.1) is 0 Å². The number of carbonyl (C=O) groups excluding carboxylic acids is 2. The number of nitrogens with zero attached hydrogens (tertiary/aromatic N) is 1. The molecule has 2 aliphatic carbocycles. The summed E-state index contributed by atoms with van der Waals surface area (Å²) in [4.78, 5) is 26.0. The molecule has 7 nitrogen and oxygen atoms in total. The Kier molecular flexibility index (Phi) is 5.65. The van der Waals surface area contributed by atoms with Crippen LogP contribution < -0.4 is 0 Å². The summed E-state index contributed by atoms with van der Waals surface area (Å²) in [6.07, 6.45) is 14.1. The molecule has 156 valence electrons. The second-order valence-corrected chi connectivity index (χ2v) is 7.91. The number of ether oxygens (including phenoxy) is 4. The maximum absolute atomic E-state index is 12.6. The summed E-state index contributed by atoms with van der Waals surface area (Å²) in [6.45, 7) is 2.59. The van der Waals surface area contributed by atoms with E-state index >= 15 is 0 Å². The summed E-state index contributed by atoms with van der Waals surface area (Å²) < 4.78 is 22.3. The fraction of sp³-hybridized carbons (Fsp3) is 0.545. The van der Waals surface area contributed by atoms with E-state index < -0.39 is 11.7 Å². The molecule has 1 saturated heterocycles. The predicted molar refractivity (Wildman–Crippen MR) is 104 cm³/mol. The lowest BCUT2D eigenvalue weighted by Gasteiger charge is -2.34. The van der Waals surface area contributed by atoms with Crippen molar-refractivity contribution in [2.24, 2.45) is 5.92 Å². The Morgan fingerprint density at radius 2 is 2.14 bits per heavy atom. The molecule has 1 spiro atoms. The van der Waals surface area contributed by atoms with Gasteiger partial charge in [0.05, 0.1) is 19.1 Å². The van der Waals surface area contributed by atoms with Gasteiger partial charge in [-0.05, 0) is 45.4 Å². The Hall–Kier alpha value is -2.70. The molecule has 1 amide bonds. The van der Waals surface area contributed by atoms with Crippen LogP contribution in [-0.2, 0) is 23.7 Å². The summed E-state index contributed by atoms with van der Waals surface area (Å²) in [6, 6.07) is 0. The molecule has 0 aromatic heterocycles. The standard InChI is InChI=1S/C22H27NO6/c1-2-27-20(24)17-8-10-22(11-9-17)15-23(21(25)29-22)19-14-26-13-18(28-19)12-16-6-4-3-5-7-16/h3-4,6,13-14,17H,2,5,7-12,15H2,1H3. The van der Waals surface area contributed by atoms with E-state index in [9.17, 15) is 9.59 Å². The summed E-state index contributed by atoms with van der Waals surface area (Å²) >= 11 is 0. The van der Waals surface area contributed by atoms with Gasteiger partial charge in [-0.2, -0.15) is 0 Å². The Morgan fingerprint density at radius 3 is 2.86 bits per heavy atom. The molecule has 0 bridgehead atoms. The molecule has 4 rings (SSSR count). The molecule has 7 heteroatoms. The highest BCUT2D eigenvalue weighted by Crippen LogP contribution is 2.41. The number of amides is 1. The third kappa shape index (κ3) is 4.33. The summed E-state index contributed by atoms with van der Waals surface area (Å²) in [5.41, 5.74) is 0.684. The molecule has 29 heavy (non-hydrogen) atoms. The second kappa shape index (κ2) is 8.35. The maximum atomic E-state index is 12.6. The van der Waals surface area contributed by atoms with E-state index in [0.29, 0.717) is 56.9 Å². The third-order valence-electron chi connectivity index (χ3n) is 5.86. The van der Waals surface area contributed by atoms with Crippen molar-refractivity contribution in [2.75, 3.05) is 13.2 Å². The summed E-state index contributed by atoms with van der Waals surface area (Å²) in [5, 5.41) is 0. The lowest BCUT2D eigenvalue weighted by molar-refractivity contribution is -0.150. The average Bonchev–Trinajstić information content (AvgIpc) is 3.05. The van der Waals surface area contributed by atoms with Gasteiger partial charge in [-0.25, -0.2) is 9.69 Å². The lowest BCUT2D eigenvalue weighted by atomic mass is 9.79. The number of esters is 1. The molecular formula is C22H27NO6. The van der Waals surface area contributed by atoms with Crippen LogP contribution in [0.1, 0.15) is 51.9 Å². The topological polar surface area (TPSA) is 74.3 Å². The van der Waals surface area contributed by atoms with E-state index in [1.165, 1.54) is 16.7 Å². The van der Waals surface area contributed by atoms with E-state index in [-0.39, 0.29) is 11.9 Å². The van der Waals surface area contributed by atoms with Gasteiger partial charge in [0.25, 0.3) is 0 Å². The first-order valence-corrected chi connectivity index (χ1v) is 10.3. The van der Waals surface area contributed by atoms with E-state index in [0.717, 1.165) is 12.8 Å². The quantitative estimate of drug-likeness (QED) is 0.640. The zero-order valence-corrected chi connectivity index (χ0v) is 16.7. The monoisotopic (exact) mass is 401 g/mol. The number of carbonyl (C=O) groups is 2. The lowest BCUT2D eigenvalue weighted by Crippen LogP contribution is -2.40. The minimum absolute atomic E-state index is 0.117. The van der Waals surface area contributed by atoms with Crippen LogP contribution in [0.2, 0.25) is 0 Å². The summed E-state index contributed by atoms with van der Waals surface area (Å²) in [5.74, 6) is 0.749. The normalized spacial score (nSPS) is 28.7. The van der Waals surface area contributed by atoms with Crippen LogP contribution in [0.25, 0.3) is 0 Å². The van der Waals surface area contributed by atoms with E-state index in [1.807, 2.05) is 13.0 Å². The highest BCUT2D eigenvalue weighted by Gasteiger charge is 2.50. The number of hydrogen-bond acceptors (Lipinski definition) is 6. The molecule has 2 fully saturated rings. The van der Waals surface area contributed by atoms with Gasteiger partial charge in [-0.1, -0.05) is 23.8 Å². The SMILES string of the molecule is CCOC(=O)C1CCC2(CC1)CN(C1=COC=C(CC3=CC=CCC3)O1)C(=O)O2. The molecule has 4 aliphatic rings. The largest absolute Gasteiger partial charge is 0.466 e. The van der Waals surface area contributed by atoms with Crippen LogP contribution in [0.4, 0.5) is 4.79 Å². The van der Waals surface area contributed by atoms with E-state index in [4.69, 9.17) is 18.9 Å². The second-order valence-electron chi connectivity index (χ2n) is 7.91. The van der Waals surface area contributed by atoms with Crippen molar-refractivity contribution in [3.8, 4) is 0 Å². The number of hydrogen-bond donors (Lipinski definition) is 0. The van der Waals surface area contributed by atoms with Crippen molar-refractivity contribution < 1.29 is 28.5 Å². The highest BCUT2D eigenvalue weighted by molar-refractivity contribution is 5.74. The molecule has 2 heterocycles. The molecule has 0 aromatic carbocycles. The molecule has 0 atom stereocenters. The minimum atomic E-state index is -0.581. The predicted octanol–water partition coefficient (Wildman–Crippen LogP) is 4.28. The van der Waals surface area contributed by atoms with Crippen LogP contribution in [0, 0.1) is 5.92 Å². The van der Waals surface area contributed by atoms with Crippen LogP contribution in [-0.4, -0.2) is 35.7 Å². The highest BCUT2D eigenvalue weighted by atomic mass is 16.6. The molecular weight excluding hydrogens is 374 g/mol. The van der Waals surface area contributed by atoms with Crippen molar-refractivity contribution in [1.29, 1.82) is 0 Å². The van der Waals surface area contributed by atoms with Crippen LogP contribution in [0.3, 0.4) is 0 Å². The van der Waals surface area contributed by atoms with Gasteiger partial charge in [0.15, 0.2) is 6.26 Å². The fourth-order valence-corrected chi connectivity index (χ4v) is 4.26. The Bertz CT molecular complexity index is 785. The average molecular weight is 401 g/mol. The smallest absolute Gasteiger partial charge is 0.417 e. The van der Waals surface area contributed by atoms with Gasteiger partial charge in [-0.3, -0.25) is 4.79 Å². The molecule has 0 aromatic rings. The zero-order valence-electron chi connectivity index (χ0n) is 16.7. The maximum Gasteiger partial charge on any atom is 0.417 e. The first-order chi connectivity index (χ1) is 14.1. The van der Waals surface area contributed by atoms with Crippen LogP contribution in [0.5, 0.6) is 0 Å². The van der Waals surface area contributed by atoms with Gasteiger partial charge in [0, 0.05) is 6.42 Å². The van der Waals surface area contributed by atoms with Gasteiger partial charge < -0.3 is 18.9 Å². The van der Waals surface area contributed by atoms with Crippen LogP contribution >= 0.6 is 0 Å². The van der Waals surface area contributed by atoms with Crippen molar-refractivity contribution in [1.82, 2.24) is 4.90 Å². The van der Waals surface area contributed by atoms with Gasteiger partial charge >= 0.3 is 12.1 Å². The first-order valence-electron chi connectivity index (χ1n) is 10.3. The molecule has 2 aliphatic heterocycles. The minimum Gasteiger partial charge on any atom is -0.466 e. The molecule has 0 N–H and O–H groups in total. The number of allylic oxidation sites excluding steroid dienone is 4. The van der Waals surface area contributed by atoms with E-state index in [1.54, 1.807) is 6.26 Å². The number of rotatable bonds is 5. The Labute approximate surface area is 170 Å². The van der Waals surface area contributed by atoms with Gasteiger partial charge in [0.1, 0.15) is 17.6 Å². The van der Waals surface area contributed by atoms with Crippen molar-refractivity contribution >= 4 is 12.1 Å². The Morgan fingerprint density at radius 1 is 1.31 bits per heavy atom. The molecule has 0 radical (unpaired) electrons. The zero-order chi connectivity index (χ0) is 20.3. The molecule has 0 unspecified atom stereocenters. The van der Waals surface area contributed by atoms with Crippen molar-refractivity contribution in [3.05, 3.63) is 48.0 Å².